The Morgan fingerprint density at radius 2 is 1.92 bits per heavy atom. The van der Waals surface area contributed by atoms with Crippen molar-refractivity contribution in [1.29, 1.82) is 0 Å². The standard InChI is InChI=1S/C9H10N2O2/c1-9(2)4-3-5-6(9)10-8(13)11-7(5)12/h3-4H,1-2H3,(H2,10,11,12,13). The lowest BCUT2D eigenvalue weighted by molar-refractivity contribution is 0.647. The number of nitrogens with one attached hydrogen (secondary N) is 2. The van der Waals surface area contributed by atoms with Crippen molar-refractivity contribution in [2.24, 2.45) is 0 Å². The van der Waals surface area contributed by atoms with Gasteiger partial charge in [-0.05, 0) is 0 Å². The van der Waals surface area contributed by atoms with Crippen LogP contribution < -0.4 is 11.2 Å². The second-order valence-corrected chi connectivity index (χ2v) is 3.75. The quantitative estimate of drug-likeness (QED) is 0.602. The lowest BCUT2D eigenvalue weighted by Crippen LogP contribution is -2.29. The lowest BCUT2D eigenvalue weighted by Gasteiger charge is -2.15. The fraction of sp³-hybridized carbons (Fsp3) is 0.333. The van der Waals surface area contributed by atoms with Gasteiger partial charge >= 0.3 is 5.69 Å². The Balaban J connectivity index is 2.86. The highest BCUT2D eigenvalue weighted by Crippen LogP contribution is 2.30. The zero-order chi connectivity index (χ0) is 9.64. The Bertz CT molecular complexity index is 491. The van der Waals surface area contributed by atoms with E-state index in [1.807, 2.05) is 19.9 Å². The van der Waals surface area contributed by atoms with Crippen molar-refractivity contribution in [1.82, 2.24) is 9.97 Å². The number of aromatic amines is 2. The van der Waals surface area contributed by atoms with Gasteiger partial charge in [-0.2, -0.15) is 0 Å². The van der Waals surface area contributed by atoms with Crippen LogP contribution in [-0.4, -0.2) is 9.97 Å². The maximum atomic E-state index is 11.3. The molecule has 0 radical (unpaired) electrons. The number of allylic oxidation sites excluding steroid dienone is 1. The smallest absolute Gasteiger partial charge is 0.310 e. The molecular weight excluding hydrogens is 168 g/mol. The zero-order valence-corrected chi connectivity index (χ0v) is 7.47. The van der Waals surface area contributed by atoms with E-state index >= 15 is 0 Å². The predicted molar refractivity (Wildman–Crippen MR) is 49.7 cm³/mol. The molecule has 4 heteroatoms. The molecule has 0 atom stereocenters. The molecule has 0 fully saturated rings. The first kappa shape index (κ1) is 8.04. The summed E-state index contributed by atoms with van der Waals surface area (Å²) in [5, 5.41) is 0. The molecule has 0 aromatic carbocycles. The molecule has 1 heterocycles. The van der Waals surface area contributed by atoms with Crippen molar-refractivity contribution >= 4 is 6.08 Å². The van der Waals surface area contributed by atoms with Crippen molar-refractivity contribution in [3.8, 4) is 0 Å². The largest absolute Gasteiger partial charge is 0.325 e. The monoisotopic (exact) mass is 178 g/mol. The molecule has 4 nitrogen and oxygen atoms in total. The van der Waals surface area contributed by atoms with Crippen LogP contribution in [0.3, 0.4) is 0 Å². The van der Waals surface area contributed by atoms with Crippen LogP contribution in [0.25, 0.3) is 6.08 Å². The van der Waals surface area contributed by atoms with Gasteiger partial charge in [0.2, 0.25) is 0 Å². The van der Waals surface area contributed by atoms with E-state index in [1.54, 1.807) is 6.08 Å². The molecule has 68 valence electrons. The normalized spacial score (nSPS) is 17.4. The first-order valence-electron chi connectivity index (χ1n) is 4.07. The second-order valence-electron chi connectivity index (χ2n) is 3.75. The molecule has 0 spiro atoms. The average Bonchev–Trinajstić information content (AvgIpc) is 2.28. The van der Waals surface area contributed by atoms with E-state index in [0.717, 1.165) is 0 Å². The van der Waals surface area contributed by atoms with Gasteiger partial charge in [0, 0.05) is 11.1 Å². The van der Waals surface area contributed by atoms with E-state index in [0.29, 0.717) is 11.3 Å². The summed E-state index contributed by atoms with van der Waals surface area (Å²) in [5.74, 6) is 0. The Morgan fingerprint density at radius 1 is 1.23 bits per heavy atom. The Labute approximate surface area is 74.3 Å². The molecule has 0 amide bonds. The van der Waals surface area contributed by atoms with Gasteiger partial charge in [0.15, 0.2) is 0 Å². The van der Waals surface area contributed by atoms with Crippen LogP contribution in [0.4, 0.5) is 0 Å². The van der Waals surface area contributed by atoms with E-state index < -0.39 is 5.69 Å². The van der Waals surface area contributed by atoms with Crippen LogP contribution >= 0.6 is 0 Å². The van der Waals surface area contributed by atoms with E-state index in [9.17, 15) is 9.59 Å². The first-order chi connectivity index (χ1) is 6.00. The van der Waals surface area contributed by atoms with Gasteiger partial charge in [-0.3, -0.25) is 9.78 Å². The molecule has 2 N–H and O–H groups in total. The van der Waals surface area contributed by atoms with E-state index in [2.05, 4.69) is 9.97 Å². The summed E-state index contributed by atoms with van der Waals surface area (Å²) in [5.41, 5.74) is 0.245. The highest BCUT2D eigenvalue weighted by molar-refractivity contribution is 5.61. The van der Waals surface area contributed by atoms with Crippen LogP contribution in [0.2, 0.25) is 0 Å². The molecule has 1 aliphatic rings. The van der Waals surface area contributed by atoms with Crippen molar-refractivity contribution in [3.05, 3.63) is 38.2 Å². The molecule has 0 bridgehead atoms. The Morgan fingerprint density at radius 3 is 2.62 bits per heavy atom. The van der Waals surface area contributed by atoms with Crippen molar-refractivity contribution in [2.75, 3.05) is 0 Å². The fourth-order valence-corrected chi connectivity index (χ4v) is 1.54. The average molecular weight is 178 g/mol. The van der Waals surface area contributed by atoms with E-state index in [1.165, 1.54) is 0 Å². The highest BCUT2D eigenvalue weighted by Gasteiger charge is 2.27. The Kier molecular flexibility index (Phi) is 1.37. The van der Waals surface area contributed by atoms with Crippen LogP contribution in [0.1, 0.15) is 25.1 Å². The summed E-state index contributed by atoms with van der Waals surface area (Å²) in [6, 6.07) is 0. The molecular formula is C9H10N2O2. The van der Waals surface area contributed by atoms with Crippen LogP contribution in [0.15, 0.2) is 15.7 Å². The third-order valence-electron chi connectivity index (χ3n) is 2.29. The lowest BCUT2D eigenvalue weighted by atomic mass is 9.92. The molecule has 0 aliphatic heterocycles. The summed E-state index contributed by atoms with van der Waals surface area (Å²) in [4.78, 5) is 27.1. The molecule has 2 rings (SSSR count). The summed E-state index contributed by atoms with van der Waals surface area (Å²) < 4.78 is 0. The third-order valence-corrected chi connectivity index (χ3v) is 2.29. The Hall–Kier alpha value is -1.58. The van der Waals surface area contributed by atoms with Crippen molar-refractivity contribution in [2.45, 2.75) is 19.3 Å². The predicted octanol–water partition coefficient (Wildman–Crippen LogP) is 0.368. The minimum atomic E-state index is -0.444. The zero-order valence-electron chi connectivity index (χ0n) is 7.47. The maximum Gasteiger partial charge on any atom is 0.325 e. The van der Waals surface area contributed by atoms with Gasteiger partial charge in [0.1, 0.15) is 0 Å². The highest BCUT2D eigenvalue weighted by atomic mass is 16.2. The number of rotatable bonds is 0. The number of fused-ring (bicyclic) bond motifs is 1. The van der Waals surface area contributed by atoms with Crippen molar-refractivity contribution in [3.63, 3.8) is 0 Å². The second kappa shape index (κ2) is 2.22. The molecule has 1 aromatic heterocycles. The molecule has 0 saturated heterocycles. The summed E-state index contributed by atoms with van der Waals surface area (Å²) in [6.45, 7) is 3.90. The first-order valence-corrected chi connectivity index (χ1v) is 4.07. The van der Waals surface area contributed by atoms with Crippen LogP contribution in [0, 0.1) is 0 Å². The third kappa shape index (κ3) is 1.06. The number of aromatic nitrogens is 2. The fourth-order valence-electron chi connectivity index (χ4n) is 1.54. The molecule has 13 heavy (non-hydrogen) atoms. The van der Waals surface area contributed by atoms with E-state index in [4.69, 9.17) is 0 Å². The van der Waals surface area contributed by atoms with E-state index in [-0.39, 0.29) is 11.0 Å². The summed E-state index contributed by atoms with van der Waals surface area (Å²) in [7, 11) is 0. The minimum absolute atomic E-state index is 0.247. The van der Waals surface area contributed by atoms with Gasteiger partial charge in [0.25, 0.3) is 5.56 Å². The van der Waals surface area contributed by atoms with Gasteiger partial charge in [-0.1, -0.05) is 26.0 Å². The molecule has 1 aromatic rings. The van der Waals surface area contributed by atoms with Crippen LogP contribution in [-0.2, 0) is 5.41 Å². The van der Waals surface area contributed by atoms with Crippen LogP contribution in [0.5, 0.6) is 0 Å². The van der Waals surface area contributed by atoms with Gasteiger partial charge < -0.3 is 4.98 Å². The summed E-state index contributed by atoms with van der Waals surface area (Å²) >= 11 is 0. The molecule has 0 unspecified atom stereocenters. The molecule has 1 aliphatic carbocycles. The molecule has 0 saturated carbocycles. The van der Waals surface area contributed by atoms with Gasteiger partial charge in [-0.25, -0.2) is 4.79 Å². The van der Waals surface area contributed by atoms with Gasteiger partial charge in [-0.15, -0.1) is 0 Å². The number of hydrogen-bond acceptors (Lipinski definition) is 2. The van der Waals surface area contributed by atoms with Crippen molar-refractivity contribution < 1.29 is 0 Å². The maximum absolute atomic E-state index is 11.3. The number of H-pyrrole nitrogens is 2. The van der Waals surface area contributed by atoms with Gasteiger partial charge in [0.05, 0.1) is 5.56 Å². The minimum Gasteiger partial charge on any atom is -0.310 e. The SMILES string of the molecule is CC1(C)C=Cc2c1[nH]c(=O)[nH]c2=O. The topological polar surface area (TPSA) is 65.7 Å². The summed E-state index contributed by atoms with van der Waals surface area (Å²) in [6.07, 6.45) is 3.65. The number of hydrogen-bond donors (Lipinski definition) is 2.